The molecular weight excluding hydrogens is 402 g/mol. The SMILES string of the molecule is Cc1cc(NC2CCCCC2)nc(N2CCN(CCO)CC2)c1C#N.O=C(O)C(=O)O. The molecule has 2 heterocycles. The fraction of sp³-hybridized carbons (Fsp3) is 0.619. The molecule has 31 heavy (non-hydrogen) atoms. The molecule has 4 N–H and O–H groups in total. The molecule has 1 saturated heterocycles. The second-order valence-electron chi connectivity index (χ2n) is 7.78. The molecule has 2 aliphatic rings. The fourth-order valence-electron chi connectivity index (χ4n) is 3.88. The third-order valence-electron chi connectivity index (χ3n) is 5.54. The molecule has 1 aromatic rings. The number of aromatic nitrogens is 1. The summed E-state index contributed by atoms with van der Waals surface area (Å²) in [5, 5.41) is 37.1. The number of piperazine rings is 1. The van der Waals surface area contributed by atoms with Crippen molar-refractivity contribution in [3.05, 3.63) is 17.2 Å². The summed E-state index contributed by atoms with van der Waals surface area (Å²) in [5.74, 6) is -1.94. The zero-order valence-corrected chi connectivity index (χ0v) is 17.9. The number of anilines is 2. The largest absolute Gasteiger partial charge is 0.473 e. The molecule has 170 valence electrons. The van der Waals surface area contributed by atoms with Crippen LogP contribution < -0.4 is 10.2 Å². The first-order chi connectivity index (χ1) is 14.8. The first-order valence-corrected chi connectivity index (χ1v) is 10.6. The Morgan fingerprint density at radius 3 is 2.29 bits per heavy atom. The Morgan fingerprint density at radius 2 is 1.77 bits per heavy atom. The van der Waals surface area contributed by atoms with Crippen molar-refractivity contribution in [3.63, 3.8) is 0 Å². The van der Waals surface area contributed by atoms with Gasteiger partial charge in [0, 0.05) is 38.8 Å². The van der Waals surface area contributed by atoms with Gasteiger partial charge in [0.2, 0.25) is 0 Å². The van der Waals surface area contributed by atoms with Crippen molar-refractivity contribution in [2.24, 2.45) is 0 Å². The van der Waals surface area contributed by atoms with Gasteiger partial charge in [0.1, 0.15) is 17.7 Å². The quantitative estimate of drug-likeness (QED) is 0.500. The highest BCUT2D eigenvalue weighted by Gasteiger charge is 2.22. The van der Waals surface area contributed by atoms with Crippen LogP contribution in [0, 0.1) is 18.3 Å². The number of nitriles is 1. The van der Waals surface area contributed by atoms with Gasteiger partial charge in [0.15, 0.2) is 0 Å². The van der Waals surface area contributed by atoms with Gasteiger partial charge >= 0.3 is 11.9 Å². The number of aliphatic carboxylic acids is 2. The highest BCUT2D eigenvalue weighted by Crippen LogP contribution is 2.27. The van der Waals surface area contributed by atoms with E-state index in [0.717, 1.165) is 43.4 Å². The number of rotatable bonds is 5. The summed E-state index contributed by atoms with van der Waals surface area (Å²) in [5.41, 5.74) is 1.67. The second kappa shape index (κ2) is 12.1. The molecule has 0 bridgehead atoms. The number of carboxylic acid groups (broad SMARTS) is 2. The van der Waals surface area contributed by atoms with Gasteiger partial charge in [-0.2, -0.15) is 5.26 Å². The van der Waals surface area contributed by atoms with Gasteiger partial charge in [-0.3, -0.25) is 4.90 Å². The number of aliphatic hydroxyl groups excluding tert-OH is 1. The van der Waals surface area contributed by atoms with Crippen LogP contribution in [0.25, 0.3) is 0 Å². The van der Waals surface area contributed by atoms with E-state index in [1.54, 1.807) is 0 Å². The Balaban J connectivity index is 0.000000501. The summed E-state index contributed by atoms with van der Waals surface area (Å²) in [6.45, 7) is 6.38. The summed E-state index contributed by atoms with van der Waals surface area (Å²) in [4.78, 5) is 27.5. The van der Waals surface area contributed by atoms with Crippen molar-refractivity contribution in [2.75, 3.05) is 49.5 Å². The summed E-state index contributed by atoms with van der Waals surface area (Å²) in [6, 6.07) is 4.86. The van der Waals surface area contributed by atoms with Crippen molar-refractivity contribution in [2.45, 2.75) is 45.1 Å². The van der Waals surface area contributed by atoms with Crippen LogP contribution in [0.5, 0.6) is 0 Å². The molecule has 3 rings (SSSR count). The van der Waals surface area contributed by atoms with Gasteiger partial charge in [-0.25, -0.2) is 14.6 Å². The van der Waals surface area contributed by atoms with Gasteiger partial charge in [0.25, 0.3) is 0 Å². The zero-order valence-electron chi connectivity index (χ0n) is 17.9. The Labute approximate surface area is 182 Å². The van der Waals surface area contributed by atoms with Gasteiger partial charge in [0.05, 0.1) is 12.2 Å². The molecule has 0 atom stereocenters. The molecule has 1 aliphatic heterocycles. The fourth-order valence-corrected chi connectivity index (χ4v) is 3.88. The Hall–Kier alpha value is -2.90. The Bertz CT molecular complexity index is 784. The minimum atomic E-state index is -1.82. The molecule has 1 aliphatic carbocycles. The number of carboxylic acids is 2. The summed E-state index contributed by atoms with van der Waals surface area (Å²) in [7, 11) is 0. The zero-order chi connectivity index (χ0) is 22.8. The lowest BCUT2D eigenvalue weighted by Crippen LogP contribution is -2.47. The lowest BCUT2D eigenvalue weighted by Gasteiger charge is -2.36. The molecule has 0 aromatic carbocycles. The van der Waals surface area contributed by atoms with Crippen LogP contribution in [0.3, 0.4) is 0 Å². The maximum atomic E-state index is 9.60. The minimum absolute atomic E-state index is 0.196. The minimum Gasteiger partial charge on any atom is -0.473 e. The van der Waals surface area contributed by atoms with Crippen LogP contribution in [0.1, 0.15) is 43.2 Å². The molecule has 0 spiro atoms. The number of hydrogen-bond acceptors (Lipinski definition) is 8. The number of nitrogens with one attached hydrogen (secondary N) is 1. The van der Waals surface area contributed by atoms with E-state index >= 15 is 0 Å². The van der Waals surface area contributed by atoms with Crippen LogP contribution >= 0.6 is 0 Å². The van der Waals surface area contributed by atoms with Gasteiger partial charge in [-0.1, -0.05) is 19.3 Å². The number of nitrogens with zero attached hydrogens (tertiary/aromatic N) is 4. The number of aliphatic hydroxyl groups is 1. The van der Waals surface area contributed by atoms with Crippen LogP contribution in [-0.2, 0) is 9.59 Å². The lowest BCUT2D eigenvalue weighted by molar-refractivity contribution is -0.159. The van der Waals surface area contributed by atoms with Gasteiger partial charge in [-0.05, 0) is 31.4 Å². The van der Waals surface area contributed by atoms with Crippen molar-refractivity contribution >= 4 is 23.6 Å². The number of carbonyl (C=O) groups is 2. The van der Waals surface area contributed by atoms with E-state index < -0.39 is 11.9 Å². The van der Waals surface area contributed by atoms with E-state index in [1.165, 1.54) is 32.1 Å². The molecule has 10 heteroatoms. The molecule has 0 amide bonds. The lowest BCUT2D eigenvalue weighted by atomic mass is 9.95. The van der Waals surface area contributed by atoms with E-state index in [4.69, 9.17) is 29.9 Å². The van der Waals surface area contributed by atoms with Crippen LogP contribution in [0.2, 0.25) is 0 Å². The molecule has 2 fully saturated rings. The predicted octanol–water partition coefficient (Wildman–Crippen LogP) is 1.28. The maximum absolute atomic E-state index is 9.60. The summed E-state index contributed by atoms with van der Waals surface area (Å²) in [6.07, 6.45) is 6.31. The Kier molecular flexibility index (Phi) is 9.49. The predicted molar refractivity (Wildman–Crippen MR) is 115 cm³/mol. The number of aryl methyl sites for hydroxylation is 1. The number of pyridine rings is 1. The summed E-state index contributed by atoms with van der Waals surface area (Å²) < 4.78 is 0. The van der Waals surface area contributed by atoms with Crippen molar-refractivity contribution in [1.29, 1.82) is 5.26 Å². The molecular formula is C21H31N5O5. The highest BCUT2D eigenvalue weighted by molar-refractivity contribution is 6.27. The normalized spacial score (nSPS) is 17.3. The van der Waals surface area contributed by atoms with E-state index in [1.807, 2.05) is 13.0 Å². The molecule has 0 radical (unpaired) electrons. The van der Waals surface area contributed by atoms with Crippen LogP contribution in [0.15, 0.2) is 6.07 Å². The van der Waals surface area contributed by atoms with Crippen molar-refractivity contribution in [3.8, 4) is 6.07 Å². The molecule has 1 aromatic heterocycles. The van der Waals surface area contributed by atoms with Crippen molar-refractivity contribution in [1.82, 2.24) is 9.88 Å². The van der Waals surface area contributed by atoms with E-state index in [0.29, 0.717) is 18.2 Å². The van der Waals surface area contributed by atoms with Gasteiger partial charge < -0.3 is 25.5 Å². The van der Waals surface area contributed by atoms with E-state index in [9.17, 15) is 5.26 Å². The smallest absolute Gasteiger partial charge is 0.414 e. The molecule has 1 saturated carbocycles. The first kappa shape index (κ1) is 24.4. The number of β-amino-alcohol motifs (C(OH)–C–C–N with tert-alkyl or cyclic N) is 1. The van der Waals surface area contributed by atoms with Crippen LogP contribution in [0.4, 0.5) is 11.6 Å². The summed E-state index contributed by atoms with van der Waals surface area (Å²) >= 11 is 0. The van der Waals surface area contributed by atoms with Crippen LogP contribution in [-0.4, -0.2) is 82.5 Å². The first-order valence-electron chi connectivity index (χ1n) is 10.6. The topological polar surface area (TPSA) is 150 Å². The van der Waals surface area contributed by atoms with Gasteiger partial charge in [-0.15, -0.1) is 0 Å². The Morgan fingerprint density at radius 1 is 1.16 bits per heavy atom. The third kappa shape index (κ3) is 7.38. The maximum Gasteiger partial charge on any atom is 0.414 e. The third-order valence-corrected chi connectivity index (χ3v) is 5.54. The van der Waals surface area contributed by atoms with Crippen molar-refractivity contribution < 1.29 is 24.9 Å². The highest BCUT2D eigenvalue weighted by atomic mass is 16.4. The number of hydrogen-bond donors (Lipinski definition) is 4. The average Bonchev–Trinajstić information content (AvgIpc) is 2.75. The molecule has 10 nitrogen and oxygen atoms in total. The molecule has 0 unspecified atom stereocenters. The van der Waals surface area contributed by atoms with E-state index in [2.05, 4.69) is 21.2 Å². The van der Waals surface area contributed by atoms with E-state index in [-0.39, 0.29) is 6.61 Å². The standard InChI is InChI=1S/C19H29N5O.C2H2O4/c1-15-13-18(21-16-5-3-2-4-6-16)22-19(17(15)14-20)24-9-7-23(8-10-24)11-12-25;3-1(4)2(5)6/h13,16,25H,2-12H2,1H3,(H,21,22);(H,3,4)(H,5,6). The average molecular weight is 434 g/mol. The monoisotopic (exact) mass is 433 g/mol. The second-order valence-corrected chi connectivity index (χ2v) is 7.78.